The van der Waals surface area contributed by atoms with E-state index in [9.17, 15) is 0 Å². The van der Waals surface area contributed by atoms with Crippen LogP contribution in [0.25, 0.3) is 0 Å². The zero-order valence-electron chi connectivity index (χ0n) is 12.5. The lowest BCUT2D eigenvalue weighted by Gasteiger charge is -2.15. The van der Waals surface area contributed by atoms with Gasteiger partial charge in [-0.25, -0.2) is 0 Å². The highest BCUT2D eigenvalue weighted by molar-refractivity contribution is 7.80. The van der Waals surface area contributed by atoms with Crippen LogP contribution in [0.3, 0.4) is 0 Å². The standard InChI is InChI=1S/C17H24N2S/c1-13-10-14(2)12-16(11-13)19-17(20)18-9-8-15-6-4-3-5-7-15/h6,10-12H,3-5,7-9H2,1-2H3,(H2,18,19,20). The summed E-state index contributed by atoms with van der Waals surface area (Å²) in [4.78, 5) is 0. The van der Waals surface area contributed by atoms with Crippen LogP contribution in [0.1, 0.15) is 43.2 Å². The predicted molar refractivity (Wildman–Crippen MR) is 91.3 cm³/mol. The lowest BCUT2D eigenvalue weighted by atomic mass is 9.97. The molecule has 0 heterocycles. The van der Waals surface area contributed by atoms with Gasteiger partial charge in [0.25, 0.3) is 0 Å². The fourth-order valence-corrected chi connectivity index (χ4v) is 2.91. The Balaban J connectivity index is 1.76. The summed E-state index contributed by atoms with van der Waals surface area (Å²) in [5, 5.41) is 7.27. The molecule has 1 aliphatic rings. The Morgan fingerprint density at radius 1 is 1.15 bits per heavy atom. The van der Waals surface area contributed by atoms with Crippen molar-refractivity contribution in [2.45, 2.75) is 46.0 Å². The number of allylic oxidation sites excluding steroid dienone is 1. The first-order valence-corrected chi connectivity index (χ1v) is 7.85. The van der Waals surface area contributed by atoms with Gasteiger partial charge in [-0.05, 0) is 81.4 Å². The molecule has 0 bridgehead atoms. The molecule has 0 radical (unpaired) electrons. The van der Waals surface area contributed by atoms with Crippen molar-refractivity contribution < 1.29 is 0 Å². The average molecular weight is 288 g/mol. The molecule has 2 nitrogen and oxygen atoms in total. The zero-order valence-corrected chi connectivity index (χ0v) is 13.3. The normalized spacial score (nSPS) is 14.6. The van der Waals surface area contributed by atoms with Crippen molar-refractivity contribution in [2.75, 3.05) is 11.9 Å². The molecule has 20 heavy (non-hydrogen) atoms. The smallest absolute Gasteiger partial charge is 0.170 e. The Kier molecular flexibility index (Phi) is 5.60. The molecule has 2 rings (SSSR count). The Morgan fingerprint density at radius 2 is 1.90 bits per heavy atom. The monoisotopic (exact) mass is 288 g/mol. The van der Waals surface area contributed by atoms with E-state index in [1.165, 1.54) is 36.8 Å². The molecule has 0 saturated carbocycles. The number of anilines is 1. The van der Waals surface area contributed by atoms with Crippen molar-refractivity contribution in [3.8, 4) is 0 Å². The summed E-state index contributed by atoms with van der Waals surface area (Å²) in [5.74, 6) is 0. The summed E-state index contributed by atoms with van der Waals surface area (Å²) in [6, 6.07) is 6.40. The second-order valence-electron chi connectivity index (χ2n) is 5.62. The second-order valence-corrected chi connectivity index (χ2v) is 6.02. The third-order valence-corrected chi connectivity index (χ3v) is 3.84. The van der Waals surface area contributed by atoms with Crippen molar-refractivity contribution in [3.05, 3.63) is 41.0 Å². The minimum absolute atomic E-state index is 0.714. The zero-order chi connectivity index (χ0) is 14.4. The van der Waals surface area contributed by atoms with Crippen LogP contribution < -0.4 is 10.6 Å². The molecule has 0 amide bonds. The van der Waals surface area contributed by atoms with Crippen molar-refractivity contribution in [2.24, 2.45) is 0 Å². The molecule has 0 spiro atoms. The van der Waals surface area contributed by atoms with Gasteiger partial charge in [0, 0.05) is 12.2 Å². The highest BCUT2D eigenvalue weighted by atomic mass is 32.1. The lowest BCUT2D eigenvalue weighted by Crippen LogP contribution is -2.29. The molecule has 0 aliphatic heterocycles. The molecule has 0 aromatic heterocycles. The van der Waals surface area contributed by atoms with E-state index >= 15 is 0 Å². The average Bonchev–Trinajstić information content (AvgIpc) is 2.38. The van der Waals surface area contributed by atoms with Crippen LogP contribution in [0.4, 0.5) is 5.69 Å². The van der Waals surface area contributed by atoms with E-state index in [1.54, 1.807) is 5.57 Å². The van der Waals surface area contributed by atoms with Gasteiger partial charge in [-0.15, -0.1) is 0 Å². The molecular weight excluding hydrogens is 264 g/mol. The minimum Gasteiger partial charge on any atom is -0.362 e. The third-order valence-electron chi connectivity index (χ3n) is 3.60. The highest BCUT2D eigenvalue weighted by Gasteiger charge is 2.04. The molecule has 1 aliphatic carbocycles. The van der Waals surface area contributed by atoms with E-state index in [2.05, 4.69) is 48.8 Å². The third kappa shape index (κ3) is 4.97. The fraction of sp³-hybridized carbons (Fsp3) is 0.471. The quantitative estimate of drug-likeness (QED) is 0.631. The summed E-state index contributed by atoms with van der Waals surface area (Å²) in [5.41, 5.74) is 5.15. The number of rotatable bonds is 4. The van der Waals surface area contributed by atoms with Gasteiger partial charge in [0.1, 0.15) is 0 Å². The van der Waals surface area contributed by atoms with E-state index in [-0.39, 0.29) is 0 Å². The van der Waals surface area contributed by atoms with Crippen molar-refractivity contribution in [1.82, 2.24) is 5.32 Å². The second kappa shape index (κ2) is 7.44. The number of thiocarbonyl (C=S) groups is 1. The largest absolute Gasteiger partial charge is 0.362 e. The minimum atomic E-state index is 0.714. The summed E-state index contributed by atoms with van der Waals surface area (Å²) in [6.45, 7) is 5.12. The molecule has 2 N–H and O–H groups in total. The maximum atomic E-state index is 5.35. The van der Waals surface area contributed by atoms with Crippen LogP contribution in [0.2, 0.25) is 0 Å². The van der Waals surface area contributed by atoms with E-state index in [1.807, 2.05) is 0 Å². The molecule has 0 saturated heterocycles. The summed E-state index contributed by atoms with van der Waals surface area (Å²) < 4.78 is 0. The maximum absolute atomic E-state index is 5.35. The van der Waals surface area contributed by atoms with Gasteiger partial charge in [-0.1, -0.05) is 17.7 Å². The molecule has 0 unspecified atom stereocenters. The number of hydrogen-bond donors (Lipinski definition) is 2. The van der Waals surface area contributed by atoms with Crippen molar-refractivity contribution in [3.63, 3.8) is 0 Å². The molecule has 0 fully saturated rings. The first kappa shape index (κ1) is 15.0. The Morgan fingerprint density at radius 3 is 2.55 bits per heavy atom. The topological polar surface area (TPSA) is 24.1 Å². The number of aryl methyl sites for hydroxylation is 2. The summed E-state index contributed by atoms with van der Waals surface area (Å²) in [7, 11) is 0. The van der Waals surface area contributed by atoms with Crippen LogP contribution in [-0.4, -0.2) is 11.7 Å². The van der Waals surface area contributed by atoms with E-state index < -0.39 is 0 Å². The Labute approximate surface area is 127 Å². The number of hydrogen-bond acceptors (Lipinski definition) is 1. The first-order valence-electron chi connectivity index (χ1n) is 7.44. The van der Waals surface area contributed by atoms with E-state index in [0.717, 1.165) is 18.7 Å². The van der Waals surface area contributed by atoms with Gasteiger partial charge in [-0.3, -0.25) is 0 Å². The van der Waals surface area contributed by atoms with Crippen molar-refractivity contribution >= 4 is 23.0 Å². The van der Waals surface area contributed by atoms with Gasteiger partial charge >= 0.3 is 0 Å². The van der Waals surface area contributed by atoms with Gasteiger partial charge in [0.2, 0.25) is 0 Å². The fourth-order valence-electron chi connectivity index (χ4n) is 2.69. The van der Waals surface area contributed by atoms with Crippen LogP contribution >= 0.6 is 12.2 Å². The Bertz CT molecular complexity index is 485. The van der Waals surface area contributed by atoms with Crippen LogP contribution in [-0.2, 0) is 0 Å². The molecule has 108 valence electrons. The van der Waals surface area contributed by atoms with E-state index in [0.29, 0.717) is 5.11 Å². The SMILES string of the molecule is Cc1cc(C)cc(NC(=S)NCCC2=CCCCC2)c1. The number of benzene rings is 1. The van der Waals surface area contributed by atoms with Crippen molar-refractivity contribution in [1.29, 1.82) is 0 Å². The molecule has 1 aromatic carbocycles. The van der Waals surface area contributed by atoms with Crippen LogP contribution in [0.5, 0.6) is 0 Å². The van der Waals surface area contributed by atoms with Gasteiger partial charge < -0.3 is 10.6 Å². The van der Waals surface area contributed by atoms with Gasteiger partial charge in [0.15, 0.2) is 5.11 Å². The van der Waals surface area contributed by atoms with Crippen LogP contribution in [0.15, 0.2) is 29.8 Å². The molecule has 3 heteroatoms. The highest BCUT2D eigenvalue weighted by Crippen LogP contribution is 2.19. The predicted octanol–water partition coefficient (Wildman–Crippen LogP) is 4.48. The van der Waals surface area contributed by atoms with Crippen LogP contribution in [0, 0.1) is 13.8 Å². The molecule has 0 atom stereocenters. The summed E-state index contributed by atoms with van der Waals surface area (Å²) in [6.07, 6.45) is 8.71. The Hall–Kier alpha value is -1.35. The summed E-state index contributed by atoms with van der Waals surface area (Å²) >= 11 is 5.35. The number of nitrogens with one attached hydrogen (secondary N) is 2. The maximum Gasteiger partial charge on any atom is 0.170 e. The van der Waals surface area contributed by atoms with Gasteiger partial charge in [-0.2, -0.15) is 0 Å². The lowest BCUT2D eigenvalue weighted by molar-refractivity contribution is 0.669. The first-order chi connectivity index (χ1) is 9.63. The van der Waals surface area contributed by atoms with Gasteiger partial charge in [0.05, 0.1) is 0 Å². The molecular formula is C17H24N2S. The molecule has 1 aromatic rings. The van der Waals surface area contributed by atoms with E-state index in [4.69, 9.17) is 12.2 Å².